The van der Waals surface area contributed by atoms with E-state index in [0.29, 0.717) is 0 Å². The van der Waals surface area contributed by atoms with Crippen molar-refractivity contribution in [1.29, 1.82) is 0 Å². The van der Waals surface area contributed by atoms with Gasteiger partial charge in [-0.05, 0) is 13.5 Å². The number of hydrogen-bond acceptors (Lipinski definition) is 5. The molecule has 2 heterocycles. The molecule has 0 saturated carbocycles. The summed E-state index contributed by atoms with van der Waals surface area (Å²) in [6.07, 6.45) is 1.10. The number of anilines is 2. The SMILES string of the molecule is CCCNc1cc(N2CCN(C)CC2)nc(C(C)(C)C)n1. The molecular weight excluding hydrogens is 262 g/mol. The maximum absolute atomic E-state index is 4.82. The first kappa shape index (κ1) is 16.0. The molecule has 1 aliphatic rings. The Hall–Kier alpha value is -1.36. The van der Waals surface area contributed by atoms with Crippen LogP contribution in [0.15, 0.2) is 6.07 Å². The van der Waals surface area contributed by atoms with Gasteiger partial charge >= 0.3 is 0 Å². The summed E-state index contributed by atoms with van der Waals surface area (Å²) in [5.41, 5.74) is -0.0365. The lowest BCUT2D eigenvalue weighted by molar-refractivity contribution is 0.312. The van der Waals surface area contributed by atoms with Crippen molar-refractivity contribution in [2.75, 3.05) is 50.0 Å². The monoisotopic (exact) mass is 291 g/mol. The Kier molecular flexibility index (Phi) is 5.04. The zero-order valence-electron chi connectivity index (χ0n) is 14.1. The minimum absolute atomic E-state index is 0.0365. The Morgan fingerprint density at radius 1 is 1.14 bits per heavy atom. The van der Waals surface area contributed by atoms with E-state index < -0.39 is 0 Å². The van der Waals surface area contributed by atoms with Gasteiger partial charge in [-0.25, -0.2) is 9.97 Å². The smallest absolute Gasteiger partial charge is 0.138 e. The molecule has 2 rings (SSSR count). The lowest BCUT2D eigenvalue weighted by Gasteiger charge is -2.34. The van der Waals surface area contributed by atoms with Crippen LogP contribution in [0.2, 0.25) is 0 Å². The number of piperazine rings is 1. The molecule has 0 unspecified atom stereocenters. The molecule has 118 valence electrons. The van der Waals surface area contributed by atoms with E-state index in [0.717, 1.165) is 56.6 Å². The summed E-state index contributed by atoms with van der Waals surface area (Å²) in [5.74, 6) is 2.92. The van der Waals surface area contributed by atoms with Gasteiger partial charge in [0.15, 0.2) is 0 Å². The van der Waals surface area contributed by atoms with Crippen molar-refractivity contribution < 1.29 is 0 Å². The average molecular weight is 291 g/mol. The molecule has 1 aliphatic heterocycles. The highest BCUT2D eigenvalue weighted by Crippen LogP contribution is 2.24. The Balaban J connectivity index is 2.26. The zero-order chi connectivity index (χ0) is 15.5. The largest absolute Gasteiger partial charge is 0.370 e. The zero-order valence-corrected chi connectivity index (χ0v) is 14.1. The third-order valence-corrected chi connectivity index (χ3v) is 3.77. The minimum Gasteiger partial charge on any atom is -0.370 e. The fraction of sp³-hybridized carbons (Fsp3) is 0.750. The second kappa shape index (κ2) is 6.60. The second-order valence-corrected chi connectivity index (χ2v) is 6.90. The average Bonchev–Trinajstić information content (AvgIpc) is 2.44. The maximum Gasteiger partial charge on any atom is 0.138 e. The third-order valence-electron chi connectivity index (χ3n) is 3.77. The van der Waals surface area contributed by atoms with E-state index in [9.17, 15) is 0 Å². The lowest BCUT2D eigenvalue weighted by atomic mass is 9.96. The van der Waals surface area contributed by atoms with E-state index in [1.807, 2.05) is 0 Å². The van der Waals surface area contributed by atoms with E-state index in [1.54, 1.807) is 0 Å². The molecule has 0 amide bonds. The molecule has 0 spiro atoms. The topological polar surface area (TPSA) is 44.3 Å². The van der Waals surface area contributed by atoms with Crippen LogP contribution in [-0.2, 0) is 5.41 Å². The van der Waals surface area contributed by atoms with Crippen molar-refractivity contribution in [1.82, 2.24) is 14.9 Å². The van der Waals surface area contributed by atoms with Crippen LogP contribution >= 0.6 is 0 Å². The molecule has 1 saturated heterocycles. The normalized spacial score (nSPS) is 17.1. The van der Waals surface area contributed by atoms with Crippen LogP contribution in [0.4, 0.5) is 11.6 Å². The van der Waals surface area contributed by atoms with Crippen LogP contribution in [0.5, 0.6) is 0 Å². The maximum atomic E-state index is 4.82. The van der Waals surface area contributed by atoms with Crippen molar-refractivity contribution >= 4 is 11.6 Å². The summed E-state index contributed by atoms with van der Waals surface area (Å²) in [5, 5.41) is 3.41. The van der Waals surface area contributed by atoms with E-state index in [1.165, 1.54) is 0 Å². The molecule has 1 aromatic heterocycles. The molecule has 0 radical (unpaired) electrons. The quantitative estimate of drug-likeness (QED) is 0.922. The summed E-state index contributed by atoms with van der Waals surface area (Å²) in [7, 11) is 2.17. The Morgan fingerprint density at radius 2 is 1.81 bits per heavy atom. The highest BCUT2D eigenvalue weighted by atomic mass is 15.3. The third kappa shape index (κ3) is 4.30. The molecule has 1 aromatic rings. The Bertz CT molecular complexity index is 458. The Morgan fingerprint density at radius 3 is 2.38 bits per heavy atom. The molecule has 0 aromatic carbocycles. The number of likely N-dealkylation sites (N-methyl/N-ethyl adjacent to an activating group) is 1. The molecule has 0 atom stereocenters. The molecule has 0 aliphatic carbocycles. The van der Waals surface area contributed by atoms with Gasteiger partial charge in [0.25, 0.3) is 0 Å². The first-order chi connectivity index (χ1) is 9.90. The van der Waals surface area contributed by atoms with Gasteiger partial charge in [-0.15, -0.1) is 0 Å². The highest BCUT2D eigenvalue weighted by Gasteiger charge is 2.22. The van der Waals surface area contributed by atoms with Gasteiger partial charge in [-0.3, -0.25) is 0 Å². The molecule has 1 N–H and O–H groups in total. The summed E-state index contributed by atoms with van der Waals surface area (Å²) in [6.45, 7) is 13.9. The number of nitrogens with zero attached hydrogens (tertiary/aromatic N) is 4. The number of rotatable bonds is 4. The minimum atomic E-state index is -0.0365. The standard InChI is InChI=1S/C16H29N5/c1-6-7-17-13-12-14(19-15(18-13)16(2,3)4)21-10-8-20(5)9-11-21/h12H,6-11H2,1-5H3,(H,17,18,19). The van der Waals surface area contributed by atoms with Gasteiger partial charge in [-0.1, -0.05) is 27.7 Å². The molecule has 21 heavy (non-hydrogen) atoms. The van der Waals surface area contributed by atoms with Gasteiger partial charge < -0.3 is 15.1 Å². The molecule has 5 nitrogen and oxygen atoms in total. The van der Waals surface area contributed by atoms with E-state index in [4.69, 9.17) is 9.97 Å². The fourth-order valence-corrected chi connectivity index (χ4v) is 2.31. The Labute approximate surface area is 128 Å². The second-order valence-electron chi connectivity index (χ2n) is 6.90. The summed E-state index contributed by atoms with van der Waals surface area (Å²) >= 11 is 0. The van der Waals surface area contributed by atoms with Crippen molar-refractivity contribution in [3.05, 3.63) is 11.9 Å². The van der Waals surface area contributed by atoms with E-state index in [2.05, 4.69) is 55.9 Å². The van der Waals surface area contributed by atoms with Crippen molar-refractivity contribution in [3.8, 4) is 0 Å². The van der Waals surface area contributed by atoms with Gasteiger partial charge in [-0.2, -0.15) is 0 Å². The van der Waals surface area contributed by atoms with E-state index in [-0.39, 0.29) is 5.41 Å². The van der Waals surface area contributed by atoms with Crippen LogP contribution < -0.4 is 10.2 Å². The van der Waals surface area contributed by atoms with Crippen molar-refractivity contribution in [2.45, 2.75) is 39.5 Å². The first-order valence-electron chi connectivity index (χ1n) is 7.97. The summed E-state index contributed by atoms with van der Waals surface area (Å²) < 4.78 is 0. The molecule has 1 fully saturated rings. The van der Waals surface area contributed by atoms with Gasteiger partial charge in [0.2, 0.25) is 0 Å². The van der Waals surface area contributed by atoms with E-state index >= 15 is 0 Å². The number of hydrogen-bond donors (Lipinski definition) is 1. The van der Waals surface area contributed by atoms with Crippen LogP contribution in [0.1, 0.15) is 39.9 Å². The van der Waals surface area contributed by atoms with Crippen LogP contribution in [0.25, 0.3) is 0 Å². The summed E-state index contributed by atoms with van der Waals surface area (Å²) in [4.78, 5) is 14.2. The van der Waals surface area contributed by atoms with Gasteiger partial charge in [0, 0.05) is 44.2 Å². The molecule has 0 bridgehead atoms. The van der Waals surface area contributed by atoms with Crippen molar-refractivity contribution in [2.24, 2.45) is 0 Å². The number of nitrogens with one attached hydrogen (secondary N) is 1. The van der Waals surface area contributed by atoms with Gasteiger partial charge in [0.1, 0.15) is 17.5 Å². The predicted molar refractivity (Wildman–Crippen MR) is 89.2 cm³/mol. The first-order valence-corrected chi connectivity index (χ1v) is 7.97. The highest BCUT2D eigenvalue weighted by molar-refractivity contribution is 5.50. The number of aromatic nitrogens is 2. The van der Waals surface area contributed by atoms with Crippen LogP contribution in [0, 0.1) is 0 Å². The van der Waals surface area contributed by atoms with Crippen LogP contribution in [-0.4, -0.2) is 54.6 Å². The lowest BCUT2D eigenvalue weighted by Crippen LogP contribution is -2.45. The van der Waals surface area contributed by atoms with Crippen LogP contribution in [0.3, 0.4) is 0 Å². The molecule has 5 heteroatoms. The molecular formula is C16H29N5. The fourth-order valence-electron chi connectivity index (χ4n) is 2.31. The predicted octanol–water partition coefficient (Wildman–Crippen LogP) is 2.35. The summed E-state index contributed by atoms with van der Waals surface area (Å²) in [6, 6.07) is 2.09. The van der Waals surface area contributed by atoms with Gasteiger partial charge in [0.05, 0.1) is 0 Å². The van der Waals surface area contributed by atoms with Crippen molar-refractivity contribution in [3.63, 3.8) is 0 Å².